The molecule has 6 nitrogen and oxygen atoms in total. The van der Waals surface area contributed by atoms with Crippen LogP contribution in [0.2, 0.25) is 0 Å². The number of nitrogens with zero attached hydrogens (tertiary/aromatic N) is 1. The van der Waals surface area contributed by atoms with Crippen molar-refractivity contribution in [1.29, 1.82) is 0 Å². The fourth-order valence-electron chi connectivity index (χ4n) is 1.30. The highest BCUT2D eigenvalue weighted by Crippen LogP contribution is 2.06. The molecule has 0 spiro atoms. The van der Waals surface area contributed by atoms with E-state index in [4.69, 9.17) is 5.11 Å². The molecule has 0 unspecified atom stereocenters. The number of thioether (sulfide) groups is 1. The van der Waals surface area contributed by atoms with Gasteiger partial charge in [-0.2, -0.15) is 0 Å². The quantitative estimate of drug-likeness (QED) is 0.466. The lowest BCUT2D eigenvalue weighted by molar-refractivity contribution is -0.135. The number of imide groups is 1. The van der Waals surface area contributed by atoms with Gasteiger partial charge in [0, 0.05) is 30.1 Å². The number of rotatable bonds is 10. The Morgan fingerprint density at radius 2 is 1.90 bits per heavy atom. The van der Waals surface area contributed by atoms with Gasteiger partial charge >= 0.3 is 5.97 Å². The molecular weight excluding hydrogens is 292 g/mol. The molecule has 0 bridgehead atoms. The van der Waals surface area contributed by atoms with Gasteiger partial charge in [0.15, 0.2) is 0 Å². The number of allylic oxidation sites excluding steroid dienone is 1. The Morgan fingerprint density at radius 1 is 1.29 bits per heavy atom. The lowest BCUT2D eigenvalue weighted by Crippen LogP contribution is -2.36. The van der Waals surface area contributed by atoms with Gasteiger partial charge < -0.3 is 10.4 Å². The van der Waals surface area contributed by atoms with E-state index in [1.165, 1.54) is 11.8 Å². The van der Waals surface area contributed by atoms with Crippen molar-refractivity contribution >= 4 is 30.0 Å². The monoisotopic (exact) mass is 314 g/mol. The Labute approximate surface area is 129 Å². The van der Waals surface area contributed by atoms with Crippen molar-refractivity contribution in [3.63, 3.8) is 0 Å². The van der Waals surface area contributed by atoms with Crippen LogP contribution in [0.1, 0.15) is 20.8 Å². The van der Waals surface area contributed by atoms with E-state index in [-0.39, 0.29) is 18.2 Å². The summed E-state index contributed by atoms with van der Waals surface area (Å²) in [5, 5.41) is 11.5. The molecule has 0 saturated heterocycles. The van der Waals surface area contributed by atoms with Crippen molar-refractivity contribution in [2.45, 2.75) is 20.8 Å². The molecule has 21 heavy (non-hydrogen) atoms. The second kappa shape index (κ2) is 10.0. The Kier molecular flexibility index (Phi) is 9.20. The Balaban J connectivity index is 4.16. The van der Waals surface area contributed by atoms with Crippen molar-refractivity contribution in [3.05, 3.63) is 23.4 Å². The van der Waals surface area contributed by atoms with Gasteiger partial charge in [-0.15, -0.1) is 11.8 Å². The maximum atomic E-state index is 12.0. The molecule has 0 aliphatic heterocycles. The molecule has 0 radical (unpaired) electrons. The number of carboxylic acids is 1. The average Bonchev–Trinajstić information content (AvgIpc) is 2.41. The topological polar surface area (TPSA) is 86.7 Å². The second-order valence-electron chi connectivity index (χ2n) is 4.65. The van der Waals surface area contributed by atoms with Crippen LogP contribution in [-0.4, -0.2) is 52.9 Å². The maximum absolute atomic E-state index is 12.0. The Morgan fingerprint density at radius 3 is 2.38 bits per heavy atom. The van der Waals surface area contributed by atoms with Crippen LogP contribution < -0.4 is 5.32 Å². The van der Waals surface area contributed by atoms with Gasteiger partial charge in [-0.1, -0.05) is 12.2 Å². The van der Waals surface area contributed by atoms with Crippen LogP contribution in [0.4, 0.5) is 0 Å². The minimum absolute atomic E-state index is 0.0133. The molecule has 0 aliphatic carbocycles. The number of hydrogen-bond donors (Lipinski definition) is 2. The molecular formula is C14H22N2O4S. The molecule has 0 heterocycles. The number of aliphatic carboxylic acids is 1. The summed E-state index contributed by atoms with van der Waals surface area (Å²) in [5.41, 5.74) is 2.09. The van der Waals surface area contributed by atoms with Crippen LogP contribution in [0.15, 0.2) is 23.4 Å². The Hall–Kier alpha value is -1.76. The average molecular weight is 314 g/mol. The highest BCUT2D eigenvalue weighted by molar-refractivity contribution is 8.00. The standard InChI is InChI=1S/C14H22N2O4S/c1-10(2)12(4)14(20)16(9-17)6-5-15-11(3)7-21-8-13(18)19/h9,15H,3,5-8H2,1-2,4H3,(H,18,19). The second-order valence-corrected chi connectivity index (χ2v) is 5.63. The van der Waals surface area contributed by atoms with Gasteiger partial charge in [0.2, 0.25) is 6.41 Å². The van der Waals surface area contributed by atoms with E-state index >= 15 is 0 Å². The zero-order valence-electron chi connectivity index (χ0n) is 12.6. The summed E-state index contributed by atoms with van der Waals surface area (Å²) in [6, 6.07) is 0. The maximum Gasteiger partial charge on any atom is 0.313 e. The molecule has 7 heteroatoms. The van der Waals surface area contributed by atoms with Crippen molar-refractivity contribution in [2.24, 2.45) is 0 Å². The van der Waals surface area contributed by atoms with E-state index < -0.39 is 5.97 Å². The van der Waals surface area contributed by atoms with Crippen molar-refractivity contribution in [3.8, 4) is 0 Å². The molecule has 0 aromatic carbocycles. The SMILES string of the molecule is C=C(CSCC(=O)O)NCCN(C=O)C(=O)C(C)=C(C)C. The first-order valence-electron chi connectivity index (χ1n) is 6.41. The van der Waals surface area contributed by atoms with E-state index in [9.17, 15) is 14.4 Å². The minimum atomic E-state index is -0.872. The molecule has 2 amide bonds. The van der Waals surface area contributed by atoms with Crippen LogP contribution in [0.3, 0.4) is 0 Å². The van der Waals surface area contributed by atoms with E-state index in [2.05, 4.69) is 11.9 Å². The molecule has 0 rings (SSSR count). The molecule has 0 aliphatic rings. The first-order chi connectivity index (χ1) is 9.79. The van der Waals surface area contributed by atoms with Gasteiger partial charge in [-0.25, -0.2) is 0 Å². The number of carboxylic acid groups (broad SMARTS) is 1. The summed E-state index contributed by atoms with van der Waals surface area (Å²) in [6.45, 7) is 9.68. The van der Waals surface area contributed by atoms with E-state index in [0.29, 0.717) is 30.0 Å². The van der Waals surface area contributed by atoms with Crippen LogP contribution in [0, 0.1) is 0 Å². The molecule has 0 aromatic rings. The van der Waals surface area contributed by atoms with Gasteiger partial charge in [0.1, 0.15) is 0 Å². The van der Waals surface area contributed by atoms with Crippen molar-refractivity contribution < 1.29 is 19.5 Å². The summed E-state index contributed by atoms with van der Waals surface area (Å²) in [5.74, 6) is -0.700. The number of amides is 2. The van der Waals surface area contributed by atoms with Crippen LogP contribution in [0.5, 0.6) is 0 Å². The van der Waals surface area contributed by atoms with Crippen LogP contribution in [0.25, 0.3) is 0 Å². The molecule has 0 aromatic heterocycles. The summed E-state index contributed by atoms with van der Waals surface area (Å²) in [6.07, 6.45) is 0.512. The van der Waals surface area contributed by atoms with Gasteiger partial charge in [0.05, 0.1) is 5.75 Å². The molecule has 0 saturated carbocycles. The smallest absolute Gasteiger partial charge is 0.313 e. The third kappa shape index (κ3) is 8.19. The number of nitrogens with one attached hydrogen (secondary N) is 1. The number of carbonyl (C=O) groups is 3. The third-order valence-corrected chi connectivity index (χ3v) is 3.69. The zero-order valence-corrected chi connectivity index (χ0v) is 13.5. The summed E-state index contributed by atoms with van der Waals surface area (Å²) in [7, 11) is 0. The van der Waals surface area contributed by atoms with E-state index in [1.807, 2.05) is 13.8 Å². The fourth-order valence-corrected chi connectivity index (χ4v) is 1.92. The normalized spacial score (nSPS) is 9.67. The highest BCUT2D eigenvalue weighted by atomic mass is 32.2. The molecule has 118 valence electrons. The van der Waals surface area contributed by atoms with Crippen molar-refractivity contribution in [1.82, 2.24) is 10.2 Å². The van der Waals surface area contributed by atoms with Crippen LogP contribution in [-0.2, 0) is 14.4 Å². The fraction of sp³-hybridized carbons (Fsp3) is 0.500. The zero-order chi connectivity index (χ0) is 16.4. The third-order valence-electron chi connectivity index (χ3n) is 2.69. The largest absolute Gasteiger partial charge is 0.481 e. The highest BCUT2D eigenvalue weighted by Gasteiger charge is 2.14. The summed E-state index contributed by atoms with van der Waals surface area (Å²) in [4.78, 5) is 34.4. The number of hydrogen-bond acceptors (Lipinski definition) is 5. The van der Waals surface area contributed by atoms with Crippen LogP contribution >= 0.6 is 11.8 Å². The molecule has 0 fully saturated rings. The molecule has 0 atom stereocenters. The first kappa shape index (κ1) is 19.2. The predicted octanol–water partition coefficient (Wildman–Crippen LogP) is 1.25. The lowest BCUT2D eigenvalue weighted by Gasteiger charge is -2.18. The lowest BCUT2D eigenvalue weighted by atomic mass is 10.1. The van der Waals surface area contributed by atoms with Gasteiger partial charge in [-0.05, 0) is 20.8 Å². The molecule has 2 N–H and O–H groups in total. The van der Waals surface area contributed by atoms with E-state index in [0.717, 1.165) is 10.5 Å². The van der Waals surface area contributed by atoms with Crippen molar-refractivity contribution in [2.75, 3.05) is 24.6 Å². The van der Waals surface area contributed by atoms with E-state index in [1.54, 1.807) is 6.92 Å². The Bertz CT molecular complexity index is 442. The predicted molar refractivity (Wildman–Crippen MR) is 83.9 cm³/mol. The minimum Gasteiger partial charge on any atom is -0.481 e. The van der Waals surface area contributed by atoms with Gasteiger partial charge in [0.25, 0.3) is 5.91 Å². The van der Waals surface area contributed by atoms with Gasteiger partial charge in [-0.3, -0.25) is 19.3 Å². The number of carbonyl (C=O) groups excluding carboxylic acids is 2. The summed E-state index contributed by atoms with van der Waals surface area (Å²) >= 11 is 1.23. The summed E-state index contributed by atoms with van der Waals surface area (Å²) < 4.78 is 0. The first-order valence-corrected chi connectivity index (χ1v) is 7.56.